The van der Waals surface area contributed by atoms with Crippen molar-refractivity contribution in [1.29, 1.82) is 0 Å². The lowest BCUT2D eigenvalue weighted by Gasteiger charge is -2.43. The Balaban J connectivity index is 0.942. The first kappa shape index (κ1) is 34.4. The number of carbonyl (C=O) groups excluding carboxylic acids is 2. The average Bonchev–Trinajstić information content (AvgIpc) is 3.74. The van der Waals surface area contributed by atoms with E-state index >= 15 is 4.39 Å². The molecule has 3 fully saturated rings. The maximum atomic E-state index is 15.2. The van der Waals surface area contributed by atoms with Gasteiger partial charge in [-0.1, -0.05) is 42.8 Å². The van der Waals surface area contributed by atoms with Crippen LogP contribution in [-0.4, -0.2) is 77.6 Å². The van der Waals surface area contributed by atoms with Crippen molar-refractivity contribution in [2.24, 2.45) is 11.8 Å². The molecule has 1 aromatic carbocycles. The van der Waals surface area contributed by atoms with Crippen LogP contribution >= 0.6 is 11.3 Å². The second kappa shape index (κ2) is 14.0. The Kier molecular flexibility index (Phi) is 9.29. The second-order valence-corrected chi connectivity index (χ2v) is 15.9. The van der Waals surface area contributed by atoms with Crippen LogP contribution in [0.1, 0.15) is 65.4 Å². The predicted octanol–water partition coefficient (Wildman–Crippen LogP) is 5.87. The van der Waals surface area contributed by atoms with E-state index in [4.69, 9.17) is 0 Å². The number of pyridine rings is 1. The number of aromatic nitrogens is 4. The minimum Gasteiger partial charge on any atom is -0.388 e. The summed E-state index contributed by atoms with van der Waals surface area (Å²) in [5, 5.41) is 12.2. The van der Waals surface area contributed by atoms with Crippen molar-refractivity contribution in [3.63, 3.8) is 0 Å². The van der Waals surface area contributed by atoms with Gasteiger partial charge in [0.05, 0.1) is 17.5 Å². The lowest BCUT2D eigenvalue weighted by Crippen LogP contribution is -2.53. The van der Waals surface area contributed by atoms with Gasteiger partial charge in [0, 0.05) is 73.1 Å². The van der Waals surface area contributed by atoms with Crippen LogP contribution in [0.3, 0.4) is 0 Å². The van der Waals surface area contributed by atoms with Gasteiger partial charge in [0.15, 0.2) is 0 Å². The van der Waals surface area contributed by atoms with Gasteiger partial charge in [-0.3, -0.25) is 23.9 Å². The fourth-order valence-electron chi connectivity index (χ4n) is 8.06. The summed E-state index contributed by atoms with van der Waals surface area (Å²) in [6.07, 6.45) is 9.93. The number of hydrogen-bond acceptors (Lipinski definition) is 7. The van der Waals surface area contributed by atoms with E-state index in [-0.39, 0.29) is 47.2 Å². The first-order chi connectivity index (χ1) is 25.2. The third-order valence-electron chi connectivity index (χ3n) is 11.4. The minimum atomic E-state index is -1.16. The van der Waals surface area contributed by atoms with Crippen LogP contribution < -0.4 is 5.56 Å². The number of amides is 2. The average molecular weight is 723 g/mol. The van der Waals surface area contributed by atoms with E-state index in [0.29, 0.717) is 60.7 Å². The Hall–Kier alpha value is -4.68. The molecular weight excluding hydrogens is 680 g/mol. The number of carbonyl (C=O) groups is 2. The fourth-order valence-corrected chi connectivity index (χ4v) is 9.05. The third-order valence-corrected chi connectivity index (χ3v) is 12.6. The molecule has 10 nitrogen and oxygen atoms in total. The van der Waals surface area contributed by atoms with Crippen molar-refractivity contribution in [2.45, 2.75) is 70.1 Å². The topological polar surface area (TPSA) is 114 Å². The van der Waals surface area contributed by atoms with Crippen LogP contribution in [0.4, 0.5) is 4.39 Å². The first-order valence-corrected chi connectivity index (χ1v) is 19.1. The normalized spacial score (nSPS) is 20.6. The van der Waals surface area contributed by atoms with Crippen LogP contribution in [-0.2, 0) is 17.9 Å². The zero-order valence-electron chi connectivity index (χ0n) is 29.3. The first-order valence-electron chi connectivity index (χ1n) is 18.3. The third kappa shape index (κ3) is 6.69. The summed E-state index contributed by atoms with van der Waals surface area (Å²) in [4.78, 5) is 54.5. The molecule has 270 valence electrons. The number of rotatable bonds is 8. The zero-order chi connectivity index (χ0) is 36.0. The Morgan fingerprint density at radius 2 is 1.77 bits per heavy atom. The Morgan fingerprint density at radius 3 is 2.48 bits per heavy atom. The van der Waals surface area contributed by atoms with Gasteiger partial charge in [0.25, 0.3) is 11.5 Å². The standard InChI is InChI=1S/C40H43FN6O4S/c1-26-10-11-29(21-42-26)34-20-33(41)35(52-34)39(50)46-17-12-30(32(23-46)28-8-3-2-4-9-28)37(48)44-18-14-40(51,15-19-44)24-47-25-43-36-31(38(47)49)13-16-45(36)22-27-6-5-7-27/h2-4,8-11,13,16,20-21,25,27,30,32,51H,5-7,12,14-15,17-19,22-24H2,1H3/t30-,32+/m1/s1. The van der Waals surface area contributed by atoms with Gasteiger partial charge in [0.1, 0.15) is 22.7 Å². The second-order valence-electron chi connectivity index (χ2n) is 14.9. The summed E-state index contributed by atoms with van der Waals surface area (Å²) < 4.78 is 18.8. The van der Waals surface area contributed by atoms with E-state index in [9.17, 15) is 19.5 Å². The highest BCUT2D eigenvalue weighted by molar-refractivity contribution is 7.17. The fraction of sp³-hybridized carbons (Fsp3) is 0.425. The summed E-state index contributed by atoms with van der Waals surface area (Å²) in [5.74, 6) is -0.948. The van der Waals surface area contributed by atoms with Gasteiger partial charge in [-0.15, -0.1) is 11.3 Å². The van der Waals surface area contributed by atoms with Gasteiger partial charge in [-0.25, -0.2) is 9.37 Å². The number of nitrogens with zero attached hydrogens (tertiary/aromatic N) is 6. The summed E-state index contributed by atoms with van der Waals surface area (Å²) in [6.45, 7) is 4.19. The molecule has 0 bridgehead atoms. The van der Waals surface area contributed by atoms with Gasteiger partial charge in [0.2, 0.25) is 5.91 Å². The number of hydrogen-bond donors (Lipinski definition) is 1. The molecule has 5 aromatic rings. The van der Waals surface area contributed by atoms with E-state index in [2.05, 4.69) is 14.5 Å². The van der Waals surface area contributed by atoms with Gasteiger partial charge in [-0.2, -0.15) is 0 Å². The smallest absolute Gasteiger partial charge is 0.266 e. The summed E-state index contributed by atoms with van der Waals surface area (Å²) in [5.41, 5.74) is 1.93. The minimum absolute atomic E-state index is 0.00693. The maximum absolute atomic E-state index is 15.2. The van der Waals surface area contributed by atoms with Crippen LogP contribution in [0.25, 0.3) is 21.5 Å². The predicted molar refractivity (Wildman–Crippen MR) is 198 cm³/mol. The van der Waals surface area contributed by atoms with Gasteiger partial charge in [-0.05, 0) is 68.7 Å². The number of aliphatic hydroxyl groups is 1. The Morgan fingerprint density at radius 1 is 0.981 bits per heavy atom. The molecule has 4 aromatic heterocycles. The quantitative estimate of drug-likeness (QED) is 0.215. The summed E-state index contributed by atoms with van der Waals surface area (Å²) in [6, 6.07) is 16.7. The molecule has 52 heavy (non-hydrogen) atoms. The molecule has 8 rings (SSSR count). The molecule has 3 aliphatic rings. The maximum Gasteiger partial charge on any atom is 0.266 e. The van der Waals surface area contributed by atoms with Crippen molar-refractivity contribution in [2.75, 3.05) is 26.2 Å². The van der Waals surface area contributed by atoms with E-state index in [0.717, 1.165) is 34.7 Å². The molecule has 2 saturated heterocycles. The molecule has 1 saturated carbocycles. The number of benzene rings is 1. The number of halogens is 1. The van der Waals surface area contributed by atoms with Crippen molar-refractivity contribution in [1.82, 2.24) is 28.9 Å². The van der Waals surface area contributed by atoms with Crippen LogP contribution in [0, 0.1) is 24.6 Å². The molecule has 2 aliphatic heterocycles. The molecule has 6 heterocycles. The zero-order valence-corrected chi connectivity index (χ0v) is 30.1. The van der Waals surface area contributed by atoms with E-state index < -0.39 is 11.4 Å². The molecule has 1 aliphatic carbocycles. The van der Waals surface area contributed by atoms with E-state index in [1.807, 2.05) is 66.6 Å². The van der Waals surface area contributed by atoms with E-state index in [1.165, 1.54) is 29.9 Å². The highest BCUT2D eigenvalue weighted by Gasteiger charge is 2.42. The number of likely N-dealkylation sites (tertiary alicyclic amines) is 2. The Bertz CT molecular complexity index is 2150. The van der Waals surface area contributed by atoms with Gasteiger partial charge < -0.3 is 19.5 Å². The number of thiophene rings is 1. The van der Waals surface area contributed by atoms with Crippen molar-refractivity contribution in [3.8, 4) is 10.4 Å². The van der Waals surface area contributed by atoms with Crippen LogP contribution in [0.2, 0.25) is 0 Å². The van der Waals surface area contributed by atoms with Crippen LogP contribution in [0.15, 0.2) is 78.1 Å². The molecule has 2 amide bonds. The lowest BCUT2D eigenvalue weighted by molar-refractivity contribution is -0.142. The molecule has 0 radical (unpaired) electrons. The van der Waals surface area contributed by atoms with Crippen molar-refractivity contribution in [3.05, 3.63) is 106 Å². The SMILES string of the molecule is Cc1ccc(-c2cc(F)c(C(=O)N3CC[C@@H](C(=O)N4CCC(O)(Cn5cnc6c(ccn6CC6CCC6)c5=O)CC4)[C@H](c4ccccc4)C3)s2)cn1. The monoisotopic (exact) mass is 722 g/mol. The summed E-state index contributed by atoms with van der Waals surface area (Å²) in [7, 11) is 0. The molecule has 1 N–H and O–H groups in total. The Labute approximate surface area is 305 Å². The number of fused-ring (bicyclic) bond motifs is 1. The number of aryl methyl sites for hydroxylation is 1. The van der Waals surface area contributed by atoms with Gasteiger partial charge >= 0.3 is 0 Å². The molecule has 0 unspecified atom stereocenters. The molecule has 0 spiro atoms. The highest BCUT2D eigenvalue weighted by Crippen LogP contribution is 2.38. The summed E-state index contributed by atoms with van der Waals surface area (Å²) >= 11 is 1.12. The van der Waals surface area contributed by atoms with Crippen molar-refractivity contribution < 1.29 is 19.1 Å². The number of piperidine rings is 2. The lowest BCUT2D eigenvalue weighted by atomic mass is 9.79. The highest BCUT2D eigenvalue weighted by atomic mass is 32.1. The largest absolute Gasteiger partial charge is 0.388 e. The van der Waals surface area contributed by atoms with Crippen molar-refractivity contribution >= 4 is 34.2 Å². The van der Waals surface area contributed by atoms with E-state index in [1.54, 1.807) is 17.4 Å². The molecule has 2 atom stereocenters. The molecule has 12 heteroatoms. The van der Waals surface area contributed by atoms with Crippen LogP contribution in [0.5, 0.6) is 0 Å². The molecular formula is C40H43FN6O4S.